The Kier molecular flexibility index (Phi) is 1.98. The van der Waals surface area contributed by atoms with Gasteiger partial charge in [-0.1, -0.05) is 6.07 Å². The van der Waals surface area contributed by atoms with Gasteiger partial charge in [0, 0.05) is 19.3 Å². The van der Waals surface area contributed by atoms with Crippen molar-refractivity contribution in [2.24, 2.45) is 0 Å². The lowest BCUT2D eigenvalue weighted by molar-refractivity contribution is 0.935. The first kappa shape index (κ1) is 7.59. The zero-order valence-corrected chi connectivity index (χ0v) is 7.45. The Morgan fingerprint density at radius 1 is 1.25 bits per heavy atom. The second-order valence-electron chi connectivity index (χ2n) is 3.39. The first-order chi connectivity index (χ1) is 5.86. The van der Waals surface area contributed by atoms with Crippen molar-refractivity contribution in [3.05, 3.63) is 23.9 Å². The van der Waals surface area contributed by atoms with Gasteiger partial charge in [0.2, 0.25) is 0 Å². The van der Waals surface area contributed by atoms with E-state index in [4.69, 9.17) is 0 Å². The zero-order chi connectivity index (χ0) is 8.39. The third kappa shape index (κ3) is 1.42. The number of hydrogen-bond donors (Lipinski definition) is 0. The van der Waals surface area contributed by atoms with Crippen LogP contribution >= 0.6 is 0 Å². The molecule has 2 heteroatoms. The average molecular weight is 162 g/mol. The molecule has 1 aromatic heterocycles. The quantitative estimate of drug-likeness (QED) is 0.627. The monoisotopic (exact) mass is 162 g/mol. The van der Waals surface area contributed by atoms with Gasteiger partial charge in [-0.05, 0) is 31.4 Å². The van der Waals surface area contributed by atoms with Crippen molar-refractivity contribution in [1.29, 1.82) is 0 Å². The molecule has 0 bridgehead atoms. The van der Waals surface area contributed by atoms with Crippen LogP contribution in [0.5, 0.6) is 0 Å². The van der Waals surface area contributed by atoms with Crippen LogP contribution in [0.25, 0.3) is 0 Å². The molecule has 0 amide bonds. The molecule has 2 nitrogen and oxygen atoms in total. The second-order valence-corrected chi connectivity index (χ2v) is 3.39. The molecule has 0 unspecified atom stereocenters. The Labute approximate surface area is 73.2 Å². The summed E-state index contributed by atoms with van der Waals surface area (Å²) >= 11 is 0. The molecular formula is C10H14N2. The standard InChI is InChI=1S/C10H14N2/c1-9-4-5-10(11-8-9)12-6-2-3-7-12/h4-5,8H,2-3,6-7H2,1H3. The van der Waals surface area contributed by atoms with Gasteiger partial charge in [0.1, 0.15) is 5.82 Å². The summed E-state index contributed by atoms with van der Waals surface area (Å²) in [6.45, 7) is 4.42. The number of pyridine rings is 1. The molecule has 0 spiro atoms. The number of nitrogens with zero attached hydrogens (tertiary/aromatic N) is 2. The predicted octanol–water partition coefficient (Wildman–Crippen LogP) is 1.99. The van der Waals surface area contributed by atoms with Gasteiger partial charge in [-0.2, -0.15) is 0 Å². The van der Waals surface area contributed by atoms with Crippen molar-refractivity contribution in [2.75, 3.05) is 18.0 Å². The lowest BCUT2D eigenvalue weighted by atomic mass is 10.3. The minimum atomic E-state index is 1.14. The fourth-order valence-electron chi connectivity index (χ4n) is 1.59. The average Bonchev–Trinajstić information content (AvgIpc) is 2.58. The molecule has 0 saturated carbocycles. The van der Waals surface area contributed by atoms with Crippen LogP contribution in [0.2, 0.25) is 0 Å². The molecule has 0 aliphatic carbocycles. The van der Waals surface area contributed by atoms with Crippen molar-refractivity contribution in [1.82, 2.24) is 4.98 Å². The van der Waals surface area contributed by atoms with Gasteiger partial charge in [-0.15, -0.1) is 0 Å². The molecule has 1 aliphatic rings. The normalized spacial score (nSPS) is 16.9. The second kappa shape index (κ2) is 3.13. The van der Waals surface area contributed by atoms with E-state index in [1.807, 2.05) is 6.20 Å². The summed E-state index contributed by atoms with van der Waals surface area (Å²) in [6, 6.07) is 4.24. The minimum absolute atomic E-state index is 1.14. The number of aryl methyl sites for hydroxylation is 1. The summed E-state index contributed by atoms with van der Waals surface area (Å²) in [5, 5.41) is 0. The molecule has 1 aromatic rings. The fraction of sp³-hybridized carbons (Fsp3) is 0.500. The molecule has 1 saturated heterocycles. The lowest BCUT2D eigenvalue weighted by Crippen LogP contribution is -2.18. The van der Waals surface area contributed by atoms with Gasteiger partial charge in [0.25, 0.3) is 0 Å². The maximum Gasteiger partial charge on any atom is 0.128 e. The number of rotatable bonds is 1. The Bertz CT molecular complexity index is 247. The Hall–Kier alpha value is -1.05. The van der Waals surface area contributed by atoms with E-state index < -0.39 is 0 Å². The van der Waals surface area contributed by atoms with Crippen LogP contribution in [0, 0.1) is 6.92 Å². The van der Waals surface area contributed by atoms with E-state index >= 15 is 0 Å². The van der Waals surface area contributed by atoms with Crippen molar-refractivity contribution in [2.45, 2.75) is 19.8 Å². The molecular weight excluding hydrogens is 148 g/mol. The lowest BCUT2D eigenvalue weighted by Gasteiger charge is -2.15. The number of aromatic nitrogens is 1. The Morgan fingerprint density at radius 2 is 2.00 bits per heavy atom. The van der Waals surface area contributed by atoms with Gasteiger partial charge in [0.15, 0.2) is 0 Å². The highest BCUT2D eigenvalue weighted by Crippen LogP contribution is 2.16. The van der Waals surface area contributed by atoms with E-state index in [0.717, 1.165) is 5.82 Å². The van der Waals surface area contributed by atoms with Crippen LogP contribution in [-0.2, 0) is 0 Å². The number of anilines is 1. The van der Waals surface area contributed by atoms with Crippen LogP contribution in [0.15, 0.2) is 18.3 Å². The minimum Gasteiger partial charge on any atom is -0.357 e. The largest absolute Gasteiger partial charge is 0.357 e. The summed E-state index contributed by atoms with van der Waals surface area (Å²) in [6.07, 6.45) is 4.57. The summed E-state index contributed by atoms with van der Waals surface area (Å²) in [5.41, 5.74) is 1.23. The Balaban J connectivity index is 2.17. The molecule has 0 radical (unpaired) electrons. The smallest absolute Gasteiger partial charge is 0.128 e. The fourth-order valence-corrected chi connectivity index (χ4v) is 1.59. The van der Waals surface area contributed by atoms with E-state index in [1.165, 1.54) is 31.5 Å². The van der Waals surface area contributed by atoms with Gasteiger partial charge in [0.05, 0.1) is 0 Å². The number of hydrogen-bond acceptors (Lipinski definition) is 2. The maximum atomic E-state index is 4.39. The van der Waals surface area contributed by atoms with E-state index in [9.17, 15) is 0 Å². The Morgan fingerprint density at radius 3 is 2.58 bits per heavy atom. The van der Waals surface area contributed by atoms with Crippen molar-refractivity contribution in [3.8, 4) is 0 Å². The van der Waals surface area contributed by atoms with Crippen molar-refractivity contribution < 1.29 is 0 Å². The van der Waals surface area contributed by atoms with Crippen molar-refractivity contribution >= 4 is 5.82 Å². The van der Waals surface area contributed by atoms with E-state index in [-0.39, 0.29) is 0 Å². The molecule has 0 atom stereocenters. The SMILES string of the molecule is Cc1ccc(N2CCCC2)nc1. The van der Waals surface area contributed by atoms with Crippen LogP contribution in [-0.4, -0.2) is 18.1 Å². The summed E-state index contributed by atoms with van der Waals surface area (Å²) in [5.74, 6) is 1.14. The highest BCUT2D eigenvalue weighted by molar-refractivity contribution is 5.39. The molecule has 2 rings (SSSR count). The highest BCUT2D eigenvalue weighted by atomic mass is 15.2. The molecule has 64 valence electrons. The highest BCUT2D eigenvalue weighted by Gasteiger charge is 2.12. The zero-order valence-electron chi connectivity index (χ0n) is 7.45. The van der Waals surface area contributed by atoms with E-state index in [2.05, 4.69) is 28.9 Å². The van der Waals surface area contributed by atoms with E-state index in [1.54, 1.807) is 0 Å². The maximum absolute atomic E-state index is 4.39. The third-order valence-corrected chi connectivity index (χ3v) is 2.33. The van der Waals surface area contributed by atoms with Crippen molar-refractivity contribution in [3.63, 3.8) is 0 Å². The van der Waals surface area contributed by atoms with Gasteiger partial charge < -0.3 is 4.90 Å². The molecule has 1 fully saturated rings. The van der Waals surface area contributed by atoms with E-state index in [0.29, 0.717) is 0 Å². The molecule has 1 aliphatic heterocycles. The summed E-state index contributed by atoms with van der Waals surface area (Å²) in [7, 11) is 0. The third-order valence-electron chi connectivity index (χ3n) is 2.33. The first-order valence-corrected chi connectivity index (χ1v) is 4.54. The molecule has 12 heavy (non-hydrogen) atoms. The summed E-state index contributed by atoms with van der Waals surface area (Å²) in [4.78, 5) is 6.73. The topological polar surface area (TPSA) is 16.1 Å². The molecule has 0 N–H and O–H groups in total. The predicted molar refractivity (Wildman–Crippen MR) is 50.4 cm³/mol. The van der Waals surface area contributed by atoms with Crippen LogP contribution in [0.1, 0.15) is 18.4 Å². The van der Waals surface area contributed by atoms with Crippen LogP contribution in [0.4, 0.5) is 5.82 Å². The van der Waals surface area contributed by atoms with Crippen LogP contribution in [0.3, 0.4) is 0 Å². The molecule has 0 aromatic carbocycles. The van der Waals surface area contributed by atoms with Gasteiger partial charge in [-0.25, -0.2) is 4.98 Å². The molecule has 2 heterocycles. The van der Waals surface area contributed by atoms with Gasteiger partial charge >= 0.3 is 0 Å². The first-order valence-electron chi connectivity index (χ1n) is 4.54. The summed E-state index contributed by atoms with van der Waals surface area (Å²) < 4.78 is 0. The van der Waals surface area contributed by atoms with Crippen LogP contribution < -0.4 is 4.90 Å². The van der Waals surface area contributed by atoms with Gasteiger partial charge in [-0.3, -0.25) is 0 Å².